The summed E-state index contributed by atoms with van der Waals surface area (Å²) in [5.74, 6) is -0.210. The molecule has 0 bridgehead atoms. The zero-order chi connectivity index (χ0) is 24.3. The maximum absolute atomic E-state index is 14.5. The van der Waals surface area contributed by atoms with Crippen LogP contribution in [-0.4, -0.2) is 50.2 Å². The van der Waals surface area contributed by atoms with Gasteiger partial charge < -0.3 is 20.9 Å². The van der Waals surface area contributed by atoms with Gasteiger partial charge in [0.05, 0.1) is 28.7 Å². The van der Waals surface area contributed by atoms with Gasteiger partial charge in [-0.2, -0.15) is 5.10 Å². The van der Waals surface area contributed by atoms with E-state index in [9.17, 15) is 14.3 Å². The number of aliphatic hydroxyl groups is 1. The average molecular weight is 474 g/mol. The van der Waals surface area contributed by atoms with Crippen molar-refractivity contribution in [2.75, 3.05) is 11.9 Å². The highest BCUT2D eigenvalue weighted by Crippen LogP contribution is 2.35. The SMILES string of the molecule is CC(C)(O)[C@H](F)Cc1nccc(NC2CCC(c3cnn(C4CCCCO4)c3)CC2)c1C(N)=O. The number of nitrogens with one attached hydrogen (secondary N) is 1. The Morgan fingerprint density at radius 2 is 2.09 bits per heavy atom. The molecule has 34 heavy (non-hydrogen) atoms. The standard InChI is InChI=1S/C25H36FN5O3/c1-25(2,33)21(26)13-20-23(24(27)32)19(10-11-28-20)30-18-8-6-16(7-9-18)17-14-29-31(15-17)22-5-3-4-12-34-22/h10-11,14-16,18,21-22,33H,3-9,12-13H2,1-2H3,(H2,27,32)(H,28,30)/t16?,18?,21-,22?/m1/s1. The van der Waals surface area contributed by atoms with Crippen LogP contribution in [0.25, 0.3) is 0 Å². The lowest BCUT2D eigenvalue weighted by atomic mass is 9.82. The first-order chi connectivity index (χ1) is 16.2. The van der Waals surface area contributed by atoms with Crippen LogP contribution < -0.4 is 11.1 Å². The molecule has 2 aliphatic rings. The van der Waals surface area contributed by atoms with Crippen molar-refractivity contribution in [3.8, 4) is 0 Å². The Balaban J connectivity index is 1.39. The number of hydrogen-bond donors (Lipinski definition) is 3. The van der Waals surface area contributed by atoms with Gasteiger partial charge in [0.15, 0.2) is 0 Å². The van der Waals surface area contributed by atoms with Crippen LogP contribution in [0, 0.1) is 0 Å². The van der Waals surface area contributed by atoms with Crippen LogP contribution in [0.4, 0.5) is 10.1 Å². The fourth-order valence-corrected chi connectivity index (χ4v) is 4.92. The summed E-state index contributed by atoms with van der Waals surface area (Å²) >= 11 is 0. The highest BCUT2D eigenvalue weighted by molar-refractivity contribution is 5.99. The van der Waals surface area contributed by atoms with Crippen LogP contribution in [0.15, 0.2) is 24.7 Å². The molecule has 2 atom stereocenters. The van der Waals surface area contributed by atoms with Crippen molar-refractivity contribution in [2.45, 2.75) is 95.2 Å². The summed E-state index contributed by atoms with van der Waals surface area (Å²) in [7, 11) is 0. The van der Waals surface area contributed by atoms with Crippen LogP contribution in [0.5, 0.6) is 0 Å². The monoisotopic (exact) mass is 473 g/mol. The molecule has 0 spiro atoms. The number of ether oxygens (including phenoxy) is 1. The van der Waals surface area contributed by atoms with Gasteiger partial charge in [-0.15, -0.1) is 0 Å². The molecule has 2 aromatic heterocycles. The first-order valence-corrected chi connectivity index (χ1v) is 12.3. The fraction of sp³-hybridized carbons (Fsp3) is 0.640. The first-order valence-electron chi connectivity index (χ1n) is 12.3. The smallest absolute Gasteiger partial charge is 0.252 e. The van der Waals surface area contributed by atoms with Gasteiger partial charge in [0.1, 0.15) is 12.4 Å². The molecule has 4 N–H and O–H groups in total. The third-order valence-electron chi connectivity index (χ3n) is 7.05. The van der Waals surface area contributed by atoms with Gasteiger partial charge in [-0.1, -0.05) is 0 Å². The molecule has 1 aliphatic heterocycles. The second-order valence-corrected chi connectivity index (χ2v) is 10.1. The van der Waals surface area contributed by atoms with E-state index < -0.39 is 17.7 Å². The Bertz CT molecular complexity index is 975. The number of hydrogen-bond acceptors (Lipinski definition) is 6. The van der Waals surface area contributed by atoms with E-state index in [2.05, 4.69) is 21.6 Å². The number of halogens is 1. The molecule has 4 rings (SSSR count). The average Bonchev–Trinajstić information content (AvgIpc) is 3.30. The second-order valence-electron chi connectivity index (χ2n) is 10.1. The molecule has 1 amide bonds. The minimum atomic E-state index is -1.57. The molecule has 1 saturated heterocycles. The van der Waals surface area contributed by atoms with Gasteiger partial charge in [0.2, 0.25) is 0 Å². The Labute approximate surface area is 200 Å². The minimum absolute atomic E-state index is 0.0499. The van der Waals surface area contributed by atoms with E-state index in [-0.39, 0.29) is 29.9 Å². The number of nitrogens with zero attached hydrogens (tertiary/aromatic N) is 3. The highest BCUT2D eigenvalue weighted by atomic mass is 19.1. The fourth-order valence-electron chi connectivity index (χ4n) is 4.92. The number of nitrogens with two attached hydrogens (primary N) is 1. The molecule has 9 heteroatoms. The normalized spacial score (nSPS) is 24.5. The van der Waals surface area contributed by atoms with Gasteiger partial charge in [-0.25, -0.2) is 9.07 Å². The van der Waals surface area contributed by atoms with E-state index >= 15 is 0 Å². The van der Waals surface area contributed by atoms with Crippen molar-refractivity contribution in [3.63, 3.8) is 0 Å². The molecule has 2 aromatic rings. The molecule has 2 fully saturated rings. The summed E-state index contributed by atoms with van der Waals surface area (Å²) in [6, 6.07) is 1.89. The predicted octanol–water partition coefficient (Wildman–Crippen LogP) is 3.87. The lowest BCUT2D eigenvalue weighted by molar-refractivity contribution is -0.0395. The van der Waals surface area contributed by atoms with Crippen LogP contribution in [-0.2, 0) is 11.2 Å². The van der Waals surface area contributed by atoms with Gasteiger partial charge in [-0.3, -0.25) is 9.78 Å². The van der Waals surface area contributed by atoms with Crippen molar-refractivity contribution >= 4 is 11.6 Å². The van der Waals surface area contributed by atoms with Crippen LogP contribution in [0.3, 0.4) is 0 Å². The molecule has 186 valence electrons. The Morgan fingerprint density at radius 3 is 2.74 bits per heavy atom. The molecule has 1 unspecified atom stereocenters. The zero-order valence-corrected chi connectivity index (χ0v) is 20.0. The number of anilines is 1. The molecule has 1 saturated carbocycles. The largest absolute Gasteiger partial charge is 0.387 e. The van der Waals surface area contributed by atoms with Crippen LogP contribution in [0.1, 0.15) is 92.6 Å². The molecule has 3 heterocycles. The van der Waals surface area contributed by atoms with Gasteiger partial charge in [-0.05, 0) is 76.3 Å². The summed E-state index contributed by atoms with van der Waals surface area (Å²) in [5, 5.41) is 18.0. The zero-order valence-electron chi connectivity index (χ0n) is 20.0. The summed E-state index contributed by atoms with van der Waals surface area (Å²) in [6.45, 7) is 3.59. The third-order valence-corrected chi connectivity index (χ3v) is 7.05. The molecular formula is C25H36FN5O3. The van der Waals surface area contributed by atoms with Gasteiger partial charge in [0.25, 0.3) is 5.91 Å². The number of rotatable bonds is 8. The van der Waals surface area contributed by atoms with Crippen LogP contribution >= 0.6 is 0 Å². The van der Waals surface area contributed by atoms with Crippen LogP contribution in [0.2, 0.25) is 0 Å². The summed E-state index contributed by atoms with van der Waals surface area (Å²) in [6.07, 6.45) is 11.1. The Morgan fingerprint density at radius 1 is 1.32 bits per heavy atom. The van der Waals surface area contributed by atoms with Gasteiger partial charge >= 0.3 is 0 Å². The number of primary amides is 1. The number of carbonyl (C=O) groups excluding carboxylic acids is 1. The Kier molecular flexibility index (Phi) is 7.52. The minimum Gasteiger partial charge on any atom is -0.387 e. The predicted molar refractivity (Wildman–Crippen MR) is 127 cm³/mol. The van der Waals surface area contributed by atoms with Crippen molar-refractivity contribution in [2.24, 2.45) is 5.73 Å². The number of pyridine rings is 1. The number of alkyl halides is 1. The van der Waals surface area contributed by atoms with Crippen molar-refractivity contribution in [3.05, 3.63) is 41.5 Å². The molecule has 0 radical (unpaired) electrons. The maximum Gasteiger partial charge on any atom is 0.252 e. The van der Waals surface area contributed by atoms with E-state index in [0.717, 1.165) is 45.1 Å². The van der Waals surface area contributed by atoms with Crippen molar-refractivity contribution < 1.29 is 19.0 Å². The maximum atomic E-state index is 14.5. The Hall–Kier alpha value is -2.52. The van der Waals surface area contributed by atoms with E-state index in [1.54, 1.807) is 12.3 Å². The van der Waals surface area contributed by atoms with Gasteiger partial charge in [0, 0.05) is 31.5 Å². The molecule has 0 aromatic carbocycles. The molecule has 8 nitrogen and oxygen atoms in total. The van der Waals surface area contributed by atoms with Crippen molar-refractivity contribution in [1.82, 2.24) is 14.8 Å². The lowest BCUT2D eigenvalue weighted by Gasteiger charge is -2.30. The molecular weight excluding hydrogens is 437 g/mol. The quantitative estimate of drug-likeness (QED) is 0.536. The summed E-state index contributed by atoms with van der Waals surface area (Å²) in [4.78, 5) is 16.4. The second kappa shape index (κ2) is 10.4. The van der Waals surface area contributed by atoms with E-state index in [1.807, 2.05) is 10.9 Å². The number of amides is 1. The van der Waals surface area contributed by atoms with E-state index in [1.165, 1.54) is 25.8 Å². The van der Waals surface area contributed by atoms with E-state index in [4.69, 9.17) is 10.5 Å². The van der Waals surface area contributed by atoms with E-state index in [0.29, 0.717) is 11.6 Å². The topological polar surface area (TPSA) is 115 Å². The molecule has 1 aliphatic carbocycles. The summed E-state index contributed by atoms with van der Waals surface area (Å²) < 4.78 is 22.3. The number of carbonyl (C=O) groups is 1. The third kappa shape index (κ3) is 5.75. The first kappa shape index (κ1) is 24.6. The number of aromatic nitrogens is 3. The lowest BCUT2D eigenvalue weighted by Crippen LogP contribution is -2.35. The summed E-state index contributed by atoms with van der Waals surface area (Å²) in [5.41, 5.74) is 6.40. The highest BCUT2D eigenvalue weighted by Gasteiger charge is 2.30. The van der Waals surface area contributed by atoms with Crippen molar-refractivity contribution in [1.29, 1.82) is 0 Å².